The fraction of sp³-hybridized carbons (Fsp3) is 0.364. The molecular formula is C11H13ClN2O. The van der Waals surface area contributed by atoms with Crippen LogP contribution in [0.3, 0.4) is 0 Å². The van der Waals surface area contributed by atoms with Crippen LogP contribution in [0, 0.1) is 0 Å². The van der Waals surface area contributed by atoms with Crippen molar-refractivity contribution in [3.05, 3.63) is 34.9 Å². The summed E-state index contributed by atoms with van der Waals surface area (Å²) in [6, 6.07) is 7.32. The van der Waals surface area contributed by atoms with Crippen molar-refractivity contribution in [1.82, 2.24) is 10.2 Å². The number of nitrogens with one attached hydrogen (secondary N) is 1. The van der Waals surface area contributed by atoms with Crippen molar-refractivity contribution < 1.29 is 4.79 Å². The molecule has 15 heavy (non-hydrogen) atoms. The van der Waals surface area contributed by atoms with Gasteiger partial charge in [0.25, 0.3) is 5.91 Å². The van der Waals surface area contributed by atoms with Crippen LogP contribution in [0.2, 0.25) is 5.02 Å². The first kappa shape index (κ1) is 10.5. The monoisotopic (exact) mass is 224 g/mol. The van der Waals surface area contributed by atoms with Crippen LogP contribution in [0.4, 0.5) is 0 Å². The third-order valence-corrected chi connectivity index (χ3v) is 2.97. The molecule has 0 spiro atoms. The van der Waals surface area contributed by atoms with Crippen molar-refractivity contribution in [2.24, 2.45) is 0 Å². The van der Waals surface area contributed by atoms with E-state index in [4.69, 9.17) is 11.6 Å². The Kier molecular flexibility index (Phi) is 2.93. The van der Waals surface area contributed by atoms with Gasteiger partial charge in [-0.25, -0.2) is 0 Å². The summed E-state index contributed by atoms with van der Waals surface area (Å²) in [7, 11) is 1.84. The first-order valence-corrected chi connectivity index (χ1v) is 5.30. The Bertz CT molecular complexity index is 359. The summed E-state index contributed by atoms with van der Waals surface area (Å²) >= 11 is 5.76. The maximum absolute atomic E-state index is 11.9. The van der Waals surface area contributed by atoms with E-state index < -0.39 is 0 Å². The Morgan fingerprint density at radius 2 is 2.00 bits per heavy atom. The molecule has 1 aromatic rings. The van der Waals surface area contributed by atoms with Gasteiger partial charge in [0.1, 0.15) is 0 Å². The summed E-state index contributed by atoms with van der Waals surface area (Å²) in [5.74, 6) is 0.0539. The van der Waals surface area contributed by atoms with Crippen molar-refractivity contribution in [1.29, 1.82) is 0 Å². The molecule has 3 nitrogen and oxygen atoms in total. The molecule has 1 fully saturated rings. The zero-order valence-electron chi connectivity index (χ0n) is 8.53. The minimum absolute atomic E-state index is 0.0539. The third-order valence-electron chi connectivity index (χ3n) is 2.72. The third kappa shape index (κ3) is 2.13. The van der Waals surface area contributed by atoms with E-state index in [9.17, 15) is 4.79 Å². The van der Waals surface area contributed by atoms with Gasteiger partial charge in [-0.1, -0.05) is 11.6 Å². The Balaban J connectivity index is 2.09. The van der Waals surface area contributed by atoms with E-state index in [1.807, 2.05) is 7.05 Å². The molecule has 1 N–H and O–H groups in total. The largest absolute Gasteiger partial charge is 0.336 e. The average Bonchev–Trinajstić information content (AvgIpc) is 2.15. The summed E-state index contributed by atoms with van der Waals surface area (Å²) in [5, 5.41) is 3.79. The van der Waals surface area contributed by atoms with Crippen molar-refractivity contribution >= 4 is 17.5 Å². The van der Waals surface area contributed by atoms with Crippen LogP contribution >= 0.6 is 11.6 Å². The summed E-state index contributed by atoms with van der Waals surface area (Å²) in [6.45, 7) is 1.77. The zero-order chi connectivity index (χ0) is 10.8. The maximum Gasteiger partial charge on any atom is 0.253 e. The molecule has 1 amide bonds. The topological polar surface area (TPSA) is 32.3 Å². The van der Waals surface area contributed by atoms with E-state index in [-0.39, 0.29) is 5.91 Å². The van der Waals surface area contributed by atoms with Gasteiger partial charge in [-0.3, -0.25) is 4.79 Å². The van der Waals surface area contributed by atoms with Gasteiger partial charge in [0.15, 0.2) is 0 Å². The molecule has 4 heteroatoms. The molecule has 0 atom stereocenters. The van der Waals surface area contributed by atoms with Gasteiger partial charge in [-0.2, -0.15) is 0 Å². The smallest absolute Gasteiger partial charge is 0.253 e. The van der Waals surface area contributed by atoms with Gasteiger partial charge in [-0.05, 0) is 24.3 Å². The first-order valence-electron chi connectivity index (χ1n) is 4.92. The number of amides is 1. The van der Waals surface area contributed by atoms with Gasteiger partial charge in [0.2, 0.25) is 0 Å². The average molecular weight is 225 g/mol. The fourth-order valence-electron chi connectivity index (χ4n) is 1.51. The van der Waals surface area contributed by atoms with Crippen LogP contribution < -0.4 is 5.32 Å². The molecule has 80 valence electrons. The molecule has 1 aromatic carbocycles. The number of likely N-dealkylation sites (N-methyl/N-ethyl adjacent to an activating group) is 1. The van der Waals surface area contributed by atoms with Crippen molar-refractivity contribution in [3.63, 3.8) is 0 Å². The van der Waals surface area contributed by atoms with Crippen LogP contribution in [0.1, 0.15) is 10.4 Å². The Labute approximate surface area is 94.0 Å². The molecular weight excluding hydrogens is 212 g/mol. The lowest BCUT2D eigenvalue weighted by Gasteiger charge is -2.35. The quantitative estimate of drug-likeness (QED) is 0.824. The second-order valence-electron chi connectivity index (χ2n) is 3.74. The Morgan fingerprint density at radius 3 is 2.47 bits per heavy atom. The highest BCUT2D eigenvalue weighted by Gasteiger charge is 2.25. The van der Waals surface area contributed by atoms with Crippen LogP contribution in [0.5, 0.6) is 0 Å². The SMILES string of the molecule is CN(C(=O)c1ccc(Cl)cc1)C1CNC1. The van der Waals surface area contributed by atoms with Gasteiger partial charge < -0.3 is 10.2 Å². The van der Waals surface area contributed by atoms with Gasteiger partial charge in [0, 0.05) is 30.7 Å². The van der Waals surface area contributed by atoms with E-state index in [2.05, 4.69) is 5.32 Å². The number of halogens is 1. The number of hydrogen-bond donors (Lipinski definition) is 1. The zero-order valence-corrected chi connectivity index (χ0v) is 9.29. The number of carbonyl (C=O) groups excluding carboxylic acids is 1. The lowest BCUT2D eigenvalue weighted by atomic mass is 10.1. The van der Waals surface area contributed by atoms with Crippen LogP contribution in [-0.4, -0.2) is 37.0 Å². The second kappa shape index (κ2) is 4.21. The maximum atomic E-state index is 11.9. The molecule has 0 saturated carbocycles. The molecule has 1 aliphatic heterocycles. The highest BCUT2D eigenvalue weighted by molar-refractivity contribution is 6.30. The van der Waals surface area contributed by atoms with Gasteiger partial charge in [-0.15, -0.1) is 0 Å². The molecule has 0 radical (unpaired) electrons. The number of nitrogens with zero attached hydrogens (tertiary/aromatic N) is 1. The molecule has 1 aliphatic rings. The van der Waals surface area contributed by atoms with Gasteiger partial charge in [0.05, 0.1) is 6.04 Å². The van der Waals surface area contributed by atoms with E-state index in [1.165, 1.54) is 0 Å². The van der Waals surface area contributed by atoms with E-state index in [0.29, 0.717) is 16.6 Å². The lowest BCUT2D eigenvalue weighted by Crippen LogP contribution is -2.57. The molecule has 0 unspecified atom stereocenters. The highest BCUT2D eigenvalue weighted by Crippen LogP contribution is 2.13. The molecule has 1 saturated heterocycles. The van der Waals surface area contributed by atoms with Crippen molar-refractivity contribution in [2.75, 3.05) is 20.1 Å². The first-order chi connectivity index (χ1) is 7.18. The lowest BCUT2D eigenvalue weighted by molar-refractivity contribution is 0.0681. The Hall–Kier alpha value is -1.06. The molecule has 1 heterocycles. The van der Waals surface area contributed by atoms with Crippen molar-refractivity contribution in [3.8, 4) is 0 Å². The summed E-state index contributed by atoms with van der Waals surface area (Å²) in [6.07, 6.45) is 0. The fourth-order valence-corrected chi connectivity index (χ4v) is 1.64. The molecule has 0 aromatic heterocycles. The number of hydrogen-bond acceptors (Lipinski definition) is 2. The predicted octanol–water partition coefficient (Wildman–Crippen LogP) is 1.38. The summed E-state index contributed by atoms with van der Waals surface area (Å²) in [4.78, 5) is 13.7. The van der Waals surface area contributed by atoms with Gasteiger partial charge >= 0.3 is 0 Å². The normalized spacial score (nSPS) is 15.9. The van der Waals surface area contributed by atoms with Crippen LogP contribution in [0.25, 0.3) is 0 Å². The molecule has 0 aliphatic carbocycles. The van der Waals surface area contributed by atoms with Crippen LogP contribution in [0.15, 0.2) is 24.3 Å². The summed E-state index contributed by atoms with van der Waals surface area (Å²) < 4.78 is 0. The van der Waals surface area contributed by atoms with Crippen molar-refractivity contribution in [2.45, 2.75) is 6.04 Å². The van der Waals surface area contributed by atoms with E-state index in [1.54, 1.807) is 29.2 Å². The number of carbonyl (C=O) groups is 1. The summed E-state index contributed by atoms with van der Waals surface area (Å²) in [5.41, 5.74) is 0.689. The van der Waals surface area contributed by atoms with E-state index in [0.717, 1.165) is 13.1 Å². The second-order valence-corrected chi connectivity index (χ2v) is 4.17. The number of benzene rings is 1. The minimum atomic E-state index is 0.0539. The molecule has 0 bridgehead atoms. The Morgan fingerprint density at radius 1 is 1.40 bits per heavy atom. The standard InChI is InChI=1S/C11H13ClN2O/c1-14(10-6-13-7-10)11(15)8-2-4-9(12)5-3-8/h2-5,10,13H,6-7H2,1H3. The van der Waals surface area contributed by atoms with Crippen LogP contribution in [-0.2, 0) is 0 Å². The van der Waals surface area contributed by atoms with E-state index >= 15 is 0 Å². The molecule has 2 rings (SSSR count). The number of rotatable bonds is 2. The minimum Gasteiger partial charge on any atom is -0.336 e. The predicted molar refractivity (Wildman–Crippen MR) is 60.2 cm³/mol. The highest BCUT2D eigenvalue weighted by atomic mass is 35.5.